The maximum absolute atomic E-state index is 4.45. The molecular weight excluding hydrogens is 272 g/mol. The van der Waals surface area contributed by atoms with Crippen LogP contribution in [0.1, 0.15) is 17.0 Å². The fraction of sp³-hybridized carbons (Fsp3) is 0.0556. The SMILES string of the molecule is Cc1n(/N=C\c2ccccc2)cc[n+]1/N=C\c1ccccc1. The third-order valence-electron chi connectivity index (χ3n) is 3.27. The molecule has 0 spiro atoms. The van der Waals surface area contributed by atoms with Gasteiger partial charge >= 0.3 is 5.82 Å². The standard InChI is InChI=1S/C18H17N4/c1-16-21(19-14-17-8-4-2-5-9-17)12-13-22(16)20-15-18-10-6-3-7-11-18/h2-15H,1H3/q+1/b19-14-,20-15-. The molecule has 3 rings (SSSR count). The minimum absolute atomic E-state index is 0.930. The van der Waals surface area contributed by atoms with Crippen LogP contribution in [-0.2, 0) is 0 Å². The van der Waals surface area contributed by atoms with E-state index in [1.54, 1.807) is 9.35 Å². The number of rotatable bonds is 4. The van der Waals surface area contributed by atoms with Crippen molar-refractivity contribution in [3.63, 3.8) is 0 Å². The summed E-state index contributed by atoms with van der Waals surface area (Å²) in [4.78, 5) is 0. The summed E-state index contributed by atoms with van der Waals surface area (Å²) >= 11 is 0. The van der Waals surface area contributed by atoms with E-state index in [-0.39, 0.29) is 0 Å². The van der Waals surface area contributed by atoms with Gasteiger partial charge in [-0.25, -0.2) is 0 Å². The van der Waals surface area contributed by atoms with Crippen LogP contribution in [0.5, 0.6) is 0 Å². The highest BCUT2D eigenvalue weighted by Gasteiger charge is 2.10. The van der Waals surface area contributed by atoms with Crippen molar-refractivity contribution in [2.45, 2.75) is 6.92 Å². The molecule has 108 valence electrons. The van der Waals surface area contributed by atoms with Crippen molar-refractivity contribution < 1.29 is 4.68 Å². The number of hydrogen-bond acceptors (Lipinski definition) is 2. The lowest BCUT2D eigenvalue weighted by Crippen LogP contribution is -2.29. The van der Waals surface area contributed by atoms with Crippen molar-refractivity contribution in [2.75, 3.05) is 0 Å². The number of benzene rings is 2. The van der Waals surface area contributed by atoms with E-state index < -0.39 is 0 Å². The van der Waals surface area contributed by atoms with Gasteiger partial charge in [-0.15, -0.1) is 9.35 Å². The Kier molecular flexibility index (Phi) is 4.20. The molecule has 0 aliphatic rings. The molecule has 1 heterocycles. The molecule has 0 atom stereocenters. The third-order valence-corrected chi connectivity index (χ3v) is 3.27. The van der Waals surface area contributed by atoms with Gasteiger partial charge in [-0.2, -0.15) is 0 Å². The van der Waals surface area contributed by atoms with Crippen molar-refractivity contribution in [1.82, 2.24) is 4.68 Å². The highest BCUT2D eigenvalue weighted by molar-refractivity contribution is 5.79. The van der Waals surface area contributed by atoms with Crippen molar-refractivity contribution in [1.29, 1.82) is 0 Å². The van der Waals surface area contributed by atoms with Gasteiger partial charge in [0, 0.05) is 6.92 Å². The zero-order valence-electron chi connectivity index (χ0n) is 12.4. The Morgan fingerprint density at radius 3 is 2.09 bits per heavy atom. The van der Waals surface area contributed by atoms with Crippen LogP contribution < -0.4 is 4.68 Å². The highest BCUT2D eigenvalue weighted by atomic mass is 15.5. The molecule has 4 heteroatoms. The van der Waals surface area contributed by atoms with Crippen molar-refractivity contribution in [3.05, 3.63) is 90.0 Å². The Bertz CT molecular complexity index is 719. The summed E-state index contributed by atoms with van der Waals surface area (Å²) in [6.07, 6.45) is 7.44. The molecule has 0 N–H and O–H groups in total. The smallest absolute Gasteiger partial charge is 0.103 e. The summed E-state index contributed by atoms with van der Waals surface area (Å²) in [5.41, 5.74) is 2.13. The molecule has 0 amide bonds. The van der Waals surface area contributed by atoms with Crippen LogP contribution in [0.25, 0.3) is 0 Å². The zero-order valence-corrected chi connectivity index (χ0v) is 12.4. The van der Waals surface area contributed by atoms with Gasteiger partial charge in [-0.1, -0.05) is 70.9 Å². The van der Waals surface area contributed by atoms with Gasteiger partial charge in [-0.3, -0.25) is 0 Å². The van der Waals surface area contributed by atoms with Crippen LogP contribution >= 0.6 is 0 Å². The summed E-state index contributed by atoms with van der Waals surface area (Å²) in [5.74, 6) is 0.930. The maximum Gasteiger partial charge on any atom is 0.304 e. The van der Waals surface area contributed by atoms with E-state index in [9.17, 15) is 0 Å². The molecule has 2 aromatic carbocycles. The predicted octanol–water partition coefficient (Wildman–Crippen LogP) is 2.85. The monoisotopic (exact) mass is 289 g/mol. The second-order valence-electron chi connectivity index (χ2n) is 4.85. The Labute approximate surface area is 129 Å². The van der Waals surface area contributed by atoms with E-state index in [1.807, 2.05) is 92.4 Å². The lowest BCUT2D eigenvalue weighted by Gasteiger charge is -1.92. The van der Waals surface area contributed by atoms with Gasteiger partial charge in [0.25, 0.3) is 0 Å². The van der Waals surface area contributed by atoms with E-state index in [1.165, 1.54) is 0 Å². The first-order chi connectivity index (χ1) is 10.8. The number of aromatic nitrogens is 2. The molecule has 0 radical (unpaired) electrons. The van der Waals surface area contributed by atoms with Crippen molar-refractivity contribution in [3.8, 4) is 0 Å². The summed E-state index contributed by atoms with van der Waals surface area (Å²) in [6, 6.07) is 20.0. The highest BCUT2D eigenvalue weighted by Crippen LogP contribution is 1.98. The molecule has 0 fully saturated rings. The topological polar surface area (TPSA) is 33.5 Å². The van der Waals surface area contributed by atoms with Gasteiger partial charge in [-0.05, 0) is 11.1 Å². The first-order valence-corrected chi connectivity index (χ1v) is 7.11. The molecule has 0 unspecified atom stereocenters. The molecule has 0 bridgehead atoms. The molecule has 0 aliphatic carbocycles. The Balaban J connectivity index is 1.78. The van der Waals surface area contributed by atoms with E-state index in [0.29, 0.717) is 0 Å². The molecule has 0 aliphatic heterocycles. The van der Waals surface area contributed by atoms with Crippen molar-refractivity contribution >= 4 is 12.4 Å². The predicted molar refractivity (Wildman–Crippen MR) is 88.2 cm³/mol. The Hall–Kier alpha value is -3.01. The lowest BCUT2D eigenvalue weighted by molar-refractivity contribution is -0.684. The summed E-state index contributed by atoms with van der Waals surface area (Å²) in [6.45, 7) is 1.98. The van der Waals surface area contributed by atoms with Crippen LogP contribution in [0.15, 0.2) is 83.3 Å². The fourth-order valence-corrected chi connectivity index (χ4v) is 2.03. The van der Waals surface area contributed by atoms with E-state index >= 15 is 0 Å². The maximum atomic E-state index is 4.45. The van der Waals surface area contributed by atoms with Crippen LogP contribution in [0.3, 0.4) is 0 Å². The summed E-state index contributed by atoms with van der Waals surface area (Å²) < 4.78 is 3.60. The van der Waals surface area contributed by atoms with E-state index in [2.05, 4.69) is 10.2 Å². The molecule has 0 saturated heterocycles. The van der Waals surface area contributed by atoms with Gasteiger partial charge in [0.15, 0.2) is 12.4 Å². The van der Waals surface area contributed by atoms with E-state index in [0.717, 1.165) is 17.0 Å². The Morgan fingerprint density at radius 1 is 0.864 bits per heavy atom. The summed E-state index contributed by atoms with van der Waals surface area (Å²) in [7, 11) is 0. The fourth-order valence-electron chi connectivity index (χ4n) is 2.03. The second-order valence-corrected chi connectivity index (χ2v) is 4.85. The van der Waals surface area contributed by atoms with Crippen molar-refractivity contribution in [2.24, 2.45) is 10.2 Å². The average Bonchev–Trinajstić information content (AvgIpc) is 2.93. The average molecular weight is 289 g/mol. The number of hydrogen-bond donors (Lipinski definition) is 0. The Morgan fingerprint density at radius 2 is 1.45 bits per heavy atom. The quantitative estimate of drug-likeness (QED) is 0.523. The van der Waals surface area contributed by atoms with Gasteiger partial charge in [0.1, 0.15) is 0 Å². The number of nitrogens with zero attached hydrogens (tertiary/aromatic N) is 4. The first kappa shape index (κ1) is 13.9. The van der Waals surface area contributed by atoms with Crippen LogP contribution in [0.2, 0.25) is 0 Å². The molecule has 3 aromatic rings. The van der Waals surface area contributed by atoms with E-state index in [4.69, 9.17) is 0 Å². The molecule has 22 heavy (non-hydrogen) atoms. The third kappa shape index (κ3) is 3.35. The van der Waals surface area contributed by atoms with Crippen LogP contribution in [-0.4, -0.2) is 17.1 Å². The lowest BCUT2D eigenvalue weighted by atomic mass is 10.2. The normalized spacial score (nSPS) is 11.5. The first-order valence-electron chi connectivity index (χ1n) is 7.11. The van der Waals surface area contributed by atoms with Gasteiger partial charge in [0.05, 0.1) is 12.4 Å². The van der Waals surface area contributed by atoms with Gasteiger partial charge in [0.2, 0.25) is 0 Å². The largest absolute Gasteiger partial charge is 0.304 e. The number of imidazole rings is 1. The minimum Gasteiger partial charge on any atom is -0.103 e. The molecule has 1 aromatic heterocycles. The minimum atomic E-state index is 0.930. The molecular formula is C18H17N4+. The zero-order chi connectivity index (χ0) is 15.2. The molecule has 0 saturated carbocycles. The van der Waals surface area contributed by atoms with Gasteiger partial charge < -0.3 is 0 Å². The molecule has 4 nitrogen and oxygen atoms in total. The summed E-state index contributed by atoms with van der Waals surface area (Å²) in [5, 5.41) is 8.90. The van der Waals surface area contributed by atoms with Crippen LogP contribution in [0, 0.1) is 6.92 Å². The van der Waals surface area contributed by atoms with Crippen LogP contribution in [0.4, 0.5) is 0 Å². The second kappa shape index (κ2) is 6.63.